The molecule has 1 aliphatic heterocycles. The SMILES string of the molecule is [2H]C1([2H])C[C@]2(C)C3[C@@H](CC[C@H]2C([2H])([2H])[C@]1([2H])O)[C@@H]1CC[C@](O)(C(=O)CO[C@@H]2O[C@H](C(=O)O)[C@@H](O)[C@H](O)[C@H]2O)[C@@]1(C)C[C@@H]3O. The normalized spacial score (nSPS) is 61.0. The van der Waals surface area contributed by atoms with Crippen LogP contribution in [0.15, 0.2) is 0 Å². The van der Waals surface area contributed by atoms with Gasteiger partial charge in [0.25, 0.3) is 0 Å². The molecule has 0 aromatic carbocycles. The average molecular weight is 548 g/mol. The van der Waals surface area contributed by atoms with Crippen LogP contribution in [-0.2, 0) is 19.1 Å². The summed E-state index contributed by atoms with van der Waals surface area (Å²) in [4.78, 5) is 25.0. The third-order valence-corrected chi connectivity index (χ3v) is 10.6. The van der Waals surface area contributed by atoms with E-state index in [1.807, 2.05) is 0 Å². The number of hydrogen-bond donors (Lipinski definition) is 7. The molecular weight excluding hydrogens is 500 g/mol. The number of aliphatic hydroxyl groups excluding tert-OH is 4. The Morgan fingerprint density at radius 3 is 2.45 bits per heavy atom. The van der Waals surface area contributed by atoms with Crippen molar-refractivity contribution >= 4 is 11.8 Å². The molecule has 5 fully saturated rings. The summed E-state index contributed by atoms with van der Waals surface area (Å²) in [5.74, 6) is -4.61. The summed E-state index contributed by atoms with van der Waals surface area (Å²) in [6.07, 6.45) is -18.3. The molecule has 5 aliphatic rings. The van der Waals surface area contributed by atoms with Crippen molar-refractivity contribution in [2.24, 2.45) is 34.5 Å². The van der Waals surface area contributed by atoms with Gasteiger partial charge >= 0.3 is 5.97 Å². The maximum Gasteiger partial charge on any atom is 0.335 e. The van der Waals surface area contributed by atoms with E-state index in [0.717, 1.165) is 0 Å². The van der Waals surface area contributed by atoms with Crippen LogP contribution in [0.5, 0.6) is 0 Å². The molecule has 0 aromatic heterocycles. The molecule has 14 atom stereocenters. The van der Waals surface area contributed by atoms with Crippen LogP contribution in [0.25, 0.3) is 0 Å². The van der Waals surface area contributed by atoms with E-state index < -0.39 is 102 Å². The Kier molecular flexibility index (Phi) is 5.76. The third-order valence-electron chi connectivity index (χ3n) is 10.6. The first-order valence-corrected chi connectivity index (χ1v) is 13.3. The van der Waals surface area contributed by atoms with Crippen LogP contribution in [-0.4, -0.2) is 103 Å². The van der Waals surface area contributed by atoms with Crippen LogP contribution in [0.3, 0.4) is 0 Å². The number of carboxylic acid groups (broad SMARTS) is 1. The summed E-state index contributed by atoms with van der Waals surface area (Å²) >= 11 is 0. The van der Waals surface area contributed by atoms with Crippen molar-refractivity contribution < 1.29 is 61.7 Å². The number of ketones is 1. The molecule has 5 rings (SSSR count). The van der Waals surface area contributed by atoms with Gasteiger partial charge in [-0.25, -0.2) is 4.79 Å². The molecule has 11 nitrogen and oxygen atoms in total. The Morgan fingerprint density at radius 2 is 1.76 bits per heavy atom. The topological polar surface area (TPSA) is 194 Å². The molecule has 7 N–H and O–H groups in total. The molecular formula is C27H42O11. The van der Waals surface area contributed by atoms with Crippen LogP contribution < -0.4 is 0 Å². The van der Waals surface area contributed by atoms with Crippen molar-refractivity contribution in [3.05, 3.63) is 0 Å². The smallest absolute Gasteiger partial charge is 0.335 e. The molecule has 0 aromatic rings. The van der Waals surface area contributed by atoms with Gasteiger partial charge in [0.1, 0.15) is 30.5 Å². The lowest BCUT2D eigenvalue weighted by atomic mass is 9.43. The second-order valence-electron chi connectivity index (χ2n) is 12.3. The highest BCUT2D eigenvalue weighted by Gasteiger charge is 2.68. The van der Waals surface area contributed by atoms with Crippen molar-refractivity contribution in [2.75, 3.05) is 6.61 Å². The Balaban J connectivity index is 1.37. The van der Waals surface area contributed by atoms with Gasteiger partial charge in [-0.05, 0) is 80.4 Å². The van der Waals surface area contributed by atoms with Crippen LogP contribution in [0.2, 0.25) is 0 Å². The lowest BCUT2D eigenvalue weighted by Crippen LogP contribution is -2.63. The fourth-order valence-corrected chi connectivity index (χ4v) is 8.50. The summed E-state index contributed by atoms with van der Waals surface area (Å²) in [6, 6.07) is 0. The number of carboxylic acids is 1. The number of aliphatic hydroxyl groups is 6. The molecule has 1 saturated heterocycles. The average Bonchev–Trinajstić information content (AvgIpc) is 3.15. The Labute approximate surface area is 228 Å². The minimum absolute atomic E-state index is 0.00622. The molecule has 1 unspecified atom stereocenters. The van der Waals surface area contributed by atoms with Gasteiger partial charge in [-0.2, -0.15) is 0 Å². The van der Waals surface area contributed by atoms with Crippen molar-refractivity contribution in [2.45, 2.75) is 114 Å². The van der Waals surface area contributed by atoms with Gasteiger partial charge in [0.2, 0.25) is 0 Å². The molecule has 216 valence electrons. The number of Topliss-reactive ketones (excluding diaryl/α,β-unsaturated/α-hetero) is 1. The predicted molar refractivity (Wildman–Crippen MR) is 129 cm³/mol. The van der Waals surface area contributed by atoms with Crippen molar-refractivity contribution in [3.63, 3.8) is 0 Å². The second-order valence-corrected chi connectivity index (χ2v) is 12.3. The maximum absolute atomic E-state index is 13.6. The molecule has 4 aliphatic carbocycles. The van der Waals surface area contributed by atoms with Crippen LogP contribution >= 0.6 is 0 Å². The van der Waals surface area contributed by atoms with Crippen LogP contribution in [0.4, 0.5) is 0 Å². The first-order chi connectivity index (χ1) is 19.6. The fourth-order valence-electron chi connectivity index (χ4n) is 8.50. The zero-order valence-electron chi connectivity index (χ0n) is 26.5. The lowest BCUT2D eigenvalue weighted by Gasteiger charge is -2.62. The monoisotopic (exact) mass is 547 g/mol. The van der Waals surface area contributed by atoms with Gasteiger partial charge < -0.3 is 45.2 Å². The Bertz CT molecular complexity index is 1160. The molecule has 0 spiro atoms. The second kappa shape index (κ2) is 9.73. The number of rotatable bonds is 5. The predicted octanol–water partition coefficient (Wildman–Crippen LogP) is -0.430. The molecule has 0 radical (unpaired) electrons. The van der Waals surface area contributed by atoms with Gasteiger partial charge in [0.15, 0.2) is 18.2 Å². The van der Waals surface area contributed by atoms with E-state index >= 15 is 0 Å². The summed E-state index contributed by atoms with van der Waals surface area (Å²) in [7, 11) is 0. The van der Waals surface area contributed by atoms with E-state index in [0.29, 0.717) is 12.8 Å². The highest BCUT2D eigenvalue weighted by Crippen LogP contribution is 2.68. The maximum atomic E-state index is 13.6. The molecule has 11 heteroatoms. The minimum Gasteiger partial charge on any atom is -0.479 e. The first-order valence-electron chi connectivity index (χ1n) is 15.8. The zero-order chi connectivity index (χ0) is 32.3. The van der Waals surface area contributed by atoms with Crippen molar-refractivity contribution in [1.29, 1.82) is 0 Å². The van der Waals surface area contributed by atoms with Gasteiger partial charge in [-0.15, -0.1) is 0 Å². The van der Waals surface area contributed by atoms with Crippen molar-refractivity contribution in [3.8, 4) is 0 Å². The standard InChI is InChI=1S/C27H42O11/c1-25-7-5-13(28)9-12(25)3-4-14-15-6-8-27(36,26(15,2)10-16(29)18(14)25)17(30)11-37-24-21(33)19(31)20(32)22(38-24)23(34)35/h12-16,18-22,24,28-29,31-33,36H,3-11H2,1-2H3,(H,34,35)/t12-,13+,14-,15-,16-,18?,19-,20-,21+,22-,24+,25-,26-,27-/m0/s1/i5D2,9D2,13D. The number of carbonyl (C=O) groups excluding carboxylic acids is 1. The molecule has 1 heterocycles. The zero-order valence-corrected chi connectivity index (χ0v) is 21.5. The van der Waals surface area contributed by atoms with Gasteiger partial charge in [-0.1, -0.05) is 13.8 Å². The number of ether oxygens (including phenoxy) is 2. The van der Waals surface area contributed by atoms with E-state index in [4.69, 9.17) is 16.3 Å². The van der Waals surface area contributed by atoms with Crippen molar-refractivity contribution in [1.82, 2.24) is 0 Å². The van der Waals surface area contributed by atoms with E-state index in [-0.39, 0.29) is 37.5 Å². The van der Waals surface area contributed by atoms with E-state index in [2.05, 4.69) is 0 Å². The minimum atomic E-state index is -2.99. The molecule has 0 amide bonds. The Morgan fingerprint density at radius 1 is 1.05 bits per heavy atom. The van der Waals surface area contributed by atoms with Crippen LogP contribution in [0, 0.1) is 34.5 Å². The van der Waals surface area contributed by atoms with Gasteiger partial charge in [0, 0.05) is 10.9 Å². The van der Waals surface area contributed by atoms with Crippen LogP contribution in [0.1, 0.15) is 72.0 Å². The van der Waals surface area contributed by atoms with E-state index in [9.17, 15) is 45.3 Å². The highest BCUT2D eigenvalue weighted by molar-refractivity contribution is 5.89. The quantitative estimate of drug-likeness (QED) is 0.236. The van der Waals surface area contributed by atoms with Gasteiger partial charge in [0.05, 0.1) is 13.6 Å². The number of aliphatic carboxylic acids is 1. The lowest BCUT2D eigenvalue weighted by molar-refractivity contribution is -0.293. The number of carbonyl (C=O) groups is 2. The molecule has 0 bridgehead atoms. The first kappa shape index (κ1) is 22.5. The largest absolute Gasteiger partial charge is 0.479 e. The fraction of sp³-hybridized carbons (Fsp3) is 0.926. The molecule has 4 saturated carbocycles. The highest BCUT2D eigenvalue weighted by atomic mass is 16.7. The Hall–Kier alpha value is -1.18. The third kappa shape index (κ3) is 4.08. The summed E-state index contributed by atoms with van der Waals surface area (Å²) in [6.45, 7) is 2.56. The summed E-state index contributed by atoms with van der Waals surface area (Å²) < 4.78 is 52.8. The van der Waals surface area contributed by atoms with E-state index in [1.54, 1.807) is 13.8 Å². The summed E-state index contributed by atoms with van der Waals surface area (Å²) in [5.41, 5.74) is -4.31. The van der Waals surface area contributed by atoms with Gasteiger partial charge in [-0.3, -0.25) is 4.79 Å². The van der Waals surface area contributed by atoms with E-state index in [1.165, 1.54) is 0 Å². The summed E-state index contributed by atoms with van der Waals surface area (Å²) in [5, 5.41) is 73.6. The number of fused-ring (bicyclic) bond motifs is 5. The number of hydrogen-bond acceptors (Lipinski definition) is 10. The molecule has 38 heavy (non-hydrogen) atoms.